The maximum atomic E-state index is 12.7. The topological polar surface area (TPSA) is 52.6 Å². The zero-order chi connectivity index (χ0) is 12.2. The van der Waals surface area contributed by atoms with E-state index in [2.05, 4.69) is 5.32 Å². The van der Waals surface area contributed by atoms with Crippen molar-refractivity contribution < 1.29 is 18.7 Å². The highest BCUT2D eigenvalue weighted by atomic mass is 19.3. The molecule has 1 aliphatic rings. The first-order valence-electron chi connectivity index (χ1n) is 5.46. The van der Waals surface area contributed by atoms with Crippen molar-refractivity contribution >= 4 is 6.03 Å². The van der Waals surface area contributed by atoms with E-state index in [-0.39, 0.29) is 0 Å². The van der Waals surface area contributed by atoms with Crippen LogP contribution < -0.4 is 5.32 Å². The smallest absolute Gasteiger partial charge is 0.317 e. The van der Waals surface area contributed by atoms with Gasteiger partial charge in [-0.2, -0.15) is 0 Å². The van der Waals surface area contributed by atoms with Gasteiger partial charge >= 0.3 is 6.03 Å². The van der Waals surface area contributed by atoms with E-state index in [1.54, 1.807) is 4.90 Å². The average molecular weight is 236 g/mol. The summed E-state index contributed by atoms with van der Waals surface area (Å²) in [6.45, 7) is 1.19. The number of amides is 2. The molecule has 0 spiro atoms. The monoisotopic (exact) mass is 236 g/mol. The molecule has 6 heteroatoms. The fourth-order valence-corrected chi connectivity index (χ4v) is 1.75. The summed E-state index contributed by atoms with van der Waals surface area (Å²) in [6, 6.07) is -0.473. The van der Waals surface area contributed by atoms with E-state index in [1.165, 1.54) is 0 Å². The molecule has 1 saturated heterocycles. The summed E-state index contributed by atoms with van der Waals surface area (Å²) >= 11 is 0. The Morgan fingerprint density at radius 2 is 2.31 bits per heavy atom. The van der Waals surface area contributed by atoms with E-state index in [0.717, 1.165) is 12.8 Å². The van der Waals surface area contributed by atoms with Gasteiger partial charge in [0.25, 0.3) is 5.92 Å². The van der Waals surface area contributed by atoms with Crippen LogP contribution in [0.2, 0.25) is 0 Å². The first kappa shape index (κ1) is 13.2. The van der Waals surface area contributed by atoms with Crippen LogP contribution in [0.3, 0.4) is 0 Å². The number of carbonyl (C=O) groups is 1. The van der Waals surface area contributed by atoms with Crippen molar-refractivity contribution in [1.29, 1.82) is 0 Å². The standard InChI is InChI=1S/C10H18F2N2O2/c1-8-3-2-4-14(5-8)9(16)13-6-10(11,12)7-15/h8,15H,2-7H2,1H3,(H,13,16). The fraction of sp³-hybridized carbons (Fsp3) is 0.900. The molecule has 1 heterocycles. The number of nitrogens with one attached hydrogen (secondary N) is 1. The summed E-state index contributed by atoms with van der Waals surface area (Å²) < 4.78 is 25.3. The number of likely N-dealkylation sites (tertiary alicyclic amines) is 1. The molecular formula is C10H18F2N2O2. The fourth-order valence-electron chi connectivity index (χ4n) is 1.75. The Morgan fingerprint density at radius 1 is 1.62 bits per heavy atom. The first-order valence-corrected chi connectivity index (χ1v) is 5.46. The number of hydrogen-bond donors (Lipinski definition) is 2. The molecule has 2 N–H and O–H groups in total. The van der Waals surface area contributed by atoms with Gasteiger partial charge in [0, 0.05) is 13.1 Å². The number of carbonyl (C=O) groups excluding carboxylic acids is 1. The Morgan fingerprint density at radius 3 is 2.88 bits per heavy atom. The molecule has 0 aromatic heterocycles. The molecule has 1 fully saturated rings. The average Bonchev–Trinajstić information content (AvgIpc) is 2.26. The maximum Gasteiger partial charge on any atom is 0.317 e. The predicted octanol–water partition coefficient (Wildman–Crippen LogP) is 1.06. The highest BCUT2D eigenvalue weighted by Gasteiger charge is 2.29. The molecule has 0 aliphatic carbocycles. The number of nitrogens with zero attached hydrogens (tertiary/aromatic N) is 1. The Balaban J connectivity index is 2.34. The second kappa shape index (κ2) is 5.43. The highest BCUT2D eigenvalue weighted by molar-refractivity contribution is 5.74. The number of hydrogen-bond acceptors (Lipinski definition) is 2. The van der Waals surface area contributed by atoms with Crippen molar-refractivity contribution in [3.05, 3.63) is 0 Å². The second-order valence-electron chi connectivity index (χ2n) is 4.37. The van der Waals surface area contributed by atoms with Gasteiger partial charge < -0.3 is 15.3 Å². The van der Waals surface area contributed by atoms with Crippen LogP contribution in [0.4, 0.5) is 13.6 Å². The van der Waals surface area contributed by atoms with Gasteiger partial charge in [0.2, 0.25) is 0 Å². The summed E-state index contributed by atoms with van der Waals surface area (Å²) in [5, 5.41) is 10.5. The minimum Gasteiger partial charge on any atom is -0.390 e. The summed E-state index contributed by atoms with van der Waals surface area (Å²) in [4.78, 5) is 13.0. The quantitative estimate of drug-likeness (QED) is 0.769. The molecule has 0 radical (unpaired) electrons. The lowest BCUT2D eigenvalue weighted by molar-refractivity contribution is -0.0461. The molecule has 0 aromatic rings. The molecule has 0 bridgehead atoms. The number of piperidine rings is 1. The molecule has 4 nitrogen and oxygen atoms in total. The van der Waals surface area contributed by atoms with Crippen LogP contribution in [-0.2, 0) is 0 Å². The van der Waals surface area contributed by atoms with Gasteiger partial charge in [-0.15, -0.1) is 0 Å². The molecule has 1 rings (SSSR count). The van der Waals surface area contributed by atoms with Gasteiger partial charge in [0.15, 0.2) is 0 Å². The van der Waals surface area contributed by atoms with Gasteiger partial charge in [-0.05, 0) is 18.8 Å². The lowest BCUT2D eigenvalue weighted by Gasteiger charge is -2.31. The van der Waals surface area contributed by atoms with Crippen LogP contribution in [0.1, 0.15) is 19.8 Å². The number of urea groups is 1. The molecule has 0 saturated carbocycles. The van der Waals surface area contributed by atoms with Crippen LogP contribution in [0.15, 0.2) is 0 Å². The lowest BCUT2D eigenvalue weighted by atomic mass is 10.0. The normalized spacial score (nSPS) is 22.0. The van der Waals surface area contributed by atoms with Gasteiger partial charge in [0.05, 0.1) is 6.54 Å². The van der Waals surface area contributed by atoms with E-state index in [4.69, 9.17) is 5.11 Å². The van der Waals surface area contributed by atoms with Crippen molar-refractivity contribution in [2.75, 3.05) is 26.2 Å². The van der Waals surface area contributed by atoms with Crippen molar-refractivity contribution in [3.63, 3.8) is 0 Å². The number of rotatable bonds is 3. The molecule has 16 heavy (non-hydrogen) atoms. The molecule has 1 unspecified atom stereocenters. The van der Waals surface area contributed by atoms with Crippen LogP contribution in [-0.4, -0.2) is 48.2 Å². The molecular weight excluding hydrogens is 218 g/mol. The number of aliphatic hydroxyl groups excluding tert-OH is 1. The molecule has 1 atom stereocenters. The minimum absolute atomic E-state index is 0.415. The van der Waals surface area contributed by atoms with Crippen LogP contribution in [0.5, 0.6) is 0 Å². The second-order valence-corrected chi connectivity index (χ2v) is 4.37. The Kier molecular flexibility index (Phi) is 4.46. The van der Waals surface area contributed by atoms with Crippen LogP contribution >= 0.6 is 0 Å². The van der Waals surface area contributed by atoms with Crippen molar-refractivity contribution in [2.24, 2.45) is 5.92 Å². The maximum absolute atomic E-state index is 12.7. The van der Waals surface area contributed by atoms with Crippen LogP contribution in [0.25, 0.3) is 0 Å². The molecule has 0 aromatic carbocycles. The zero-order valence-electron chi connectivity index (χ0n) is 9.38. The Hall–Kier alpha value is -0.910. The minimum atomic E-state index is -3.24. The van der Waals surface area contributed by atoms with E-state index in [1.807, 2.05) is 6.92 Å². The van der Waals surface area contributed by atoms with Gasteiger partial charge in [-0.25, -0.2) is 13.6 Å². The summed E-state index contributed by atoms with van der Waals surface area (Å²) in [7, 11) is 0. The van der Waals surface area contributed by atoms with E-state index in [0.29, 0.717) is 19.0 Å². The van der Waals surface area contributed by atoms with E-state index in [9.17, 15) is 13.6 Å². The van der Waals surface area contributed by atoms with Gasteiger partial charge in [-0.3, -0.25) is 0 Å². The number of alkyl halides is 2. The third kappa shape index (κ3) is 3.92. The number of halogens is 2. The Labute approximate surface area is 93.6 Å². The third-order valence-electron chi connectivity index (χ3n) is 2.67. The van der Waals surface area contributed by atoms with Crippen molar-refractivity contribution in [1.82, 2.24) is 10.2 Å². The molecule has 94 valence electrons. The summed E-state index contributed by atoms with van der Waals surface area (Å²) in [5.41, 5.74) is 0. The van der Waals surface area contributed by atoms with Crippen molar-refractivity contribution in [2.45, 2.75) is 25.7 Å². The lowest BCUT2D eigenvalue weighted by Crippen LogP contribution is -2.48. The SMILES string of the molecule is CC1CCCN(C(=O)NCC(F)(F)CO)C1. The first-order chi connectivity index (χ1) is 7.44. The Bertz CT molecular complexity index is 249. The predicted molar refractivity (Wildman–Crippen MR) is 55.4 cm³/mol. The van der Waals surface area contributed by atoms with Gasteiger partial charge in [-0.1, -0.05) is 6.92 Å². The van der Waals surface area contributed by atoms with Crippen LogP contribution in [0, 0.1) is 5.92 Å². The van der Waals surface area contributed by atoms with Gasteiger partial charge in [0.1, 0.15) is 6.61 Å². The third-order valence-corrected chi connectivity index (χ3v) is 2.67. The highest BCUT2D eigenvalue weighted by Crippen LogP contribution is 2.16. The summed E-state index contributed by atoms with van der Waals surface area (Å²) in [5.74, 6) is -2.82. The molecule has 1 aliphatic heterocycles. The summed E-state index contributed by atoms with van der Waals surface area (Å²) in [6.07, 6.45) is 1.97. The van der Waals surface area contributed by atoms with E-state index >= 15 is 0 Å². The molecule has 2 amide bonds. The van der Waals surface area contributed by atoms with E-state index < -0.39 is 25.1 Å². The zero-order valence-corrected chi connectivity index (χ0v) is 9.38. The number of aliphatic hydroxyl groups is 1. The largest absolute Gasteiger partial charge is 0.390 e. The van der Waals surface area contributed by atoms with Crippen molar-refractivity contribution in [3.8, 4) is 0 Å².